The lowest BCUT2D eigenvalue weighted by molar-refractivity contribution is -0.132. The van der Waals surface area contributed by atoms with Gasteiger partial charge in [0.25, 0.3) is 5.91 Å². The van der Waals surface area contributed by atoms with E-state index in [2.05, 4.69) is 20.2 Å². The molecule has 0 unspecified atom stereocenters. The van der Waals surface area contributed by atoms with Crippen LogP contribution >= 0.6 is 0 Å². The van der Waals surface area contributed by atoms with E-state index in [0.29, 0.717) is 19.6 Å². The van der Waals surface area contributed by atoms with Crippen LogP contribution in [-0.4, -0.2) is 76.3 Å². The molecule has 2 aromatic heterocycles. The van der Waals surface area contributed by atoms with Gasteiger partial charge in [0.1, 0.15) is 19.0 Å². The first kappa shape index (κ1) is 16.7. The Kier molecular flexibility index (Phi) is 4.17. The van der Waals surface area contributed by atoms with Crippen LogP contribution < -0.4 is 0 Å². The molecule has 2 aromatic rings. The molecule has 2 aliphatic heterocycles. The van der Waals surface area contributed by atoms with Crippen LogP contribution in [-0.2, 0) is 18.4 Å². The number of aromatic nitrogens is 6. The van der Waals surface area contributed by atoms with Crippen LogP contribution in [0.25, 0.3) is 0 Å². The number of fused-ring (bicyclic) bond motifs is 1. The molecule has 10 nitrogen and oxygen atoms in total. The van der Waals surface area contributed by atoms with Crippen LogP contribution in [0.1, 0.15) is 30.4 Å². The molecule has 0 aromatic carbocycles. The zero-order valence-corrected chi connectivity index (χ0v) is 14.9. The van der Waals surface area contributed by atoms with Gasteiger partial charge in [0.2, 0.25) is 11.7 Å². The molecule has 3 atom stereocenters. The Hall–Kier alpha value is -2.78. The second-order valence-electron chi connectivity index (χ2n) is 7.04. The topological polar surface area (TPSA) is 102 Å². The Morgan fingerprint density at radius 3 is 2.81 bits per heavy atom. The Balaban J connectivity index is 1.48. The molecule has 2 aliphatic rings. The average Bonchev–Trinajstić information content (AvgIpc) is 3.33. The van der Waals surface area contributed by atoms with Gasteiger partial charge in [-0.1, -0.05) is 0 Å². The van der Waals surface area contributed by atoms with Gasteiger partial charge in [0.05, 0.1) is 12.6 Å². The number of nitrogens with zero attached hydrogens (tertiary/aromatic N) is 8. The molecule has 10 heteroatoms. The van der Waals surface area contributed by atoms with Crippen molar-refractivity contribution in [2.75, 3.05) is 13.1 Å². The van der Waals surface area contributed by atoms with Crippen molar-refractivity contribution in [3.05, 3.63) is 24.8 Å². The van der Waals surface area contributed by atoms with Crippen LogP contribution in [0.3, 0.4) is 0 Å². The van der Waals surface area contributed by atoms with Crippen molar-refractivity contribution in [3.63, 3.8) is 0 Å². The summed E-state index contributed by atoms with van der Waals surface area (Å²) in [6.07, 6.45) is 6.32. The number of carbonyl (C=O) groups is 2. The quantitative estimate of drug-likeness (QED) is 0.737. The van der Waals surface area contributed by atoms with Crippen molar-refractivity contribution in [1.29, 1.82) is 0 Å². The molecule has 0 radical (unpaired) electrons. The molecule has 0 bridgehead atoms. The van der Waals surface area contributed by atoms with Crippen LogP contribution in [0.2, 0.25) is 0 Å². The third-order valence-corrected chi connectivity index (χ3v) is 5.33. The highest BCUT2D eigenvalue weighted by Crippen LogP contribution is 2.36. The Bertz CT molecular complexity index is 801. The molecule has 2 saturated heterocycles. The summed E-state index contributed by atoms with van der Waals surface area (Å²) in [5, 5.41) is 8.27. The number of hydrogen-bond acceptors (Lipinski definition) is 6. The summed E-state index contributed by atoms with van der Waals surface area (Å²) in [6, 6.07) is 0.244. The van der Waals surface area contributed by atoms with Crippen molar-refractivity contribution in [3.8, 4) is 0 Å². The third-order valence-electron chi connectivity index (χ3n) is 5.33. The molecule has 4 rings (SSSR count). The van der Waals surface area contributed by atoms with E-state index in [-0.39, 0.29) is 35.6 Å². The van der Waals surface area contributed by atoms with Crippen molar-refractivity contribution in [2.24, 2.45) is 13.0 Å². The van der Waals surface area contributed by atoms with Crippen LogP contribution in [0.5, 0.6) is 0 Å². The third kappa shape index (κ3) is 2.95. The molecule has 4 heterocycles. The number of carbonyl (C=O) groups excluding carboxylic acids is 2. The van der Waals surface area contributed by atoms with Gasteiger partial charge in [-0.05, 0) is 18.8 Å². The molecule has 0 N–H and O–H groups in total. The van der Waals surface area contributed by atoms with Gasteiger partial charge in [-0.25, -0.2) is 9.97 Å². The van der Waals surface area contributed by atoms with E-state index < -0.39 is 0 Å². The fourth-order valence-corrected chi connectivity index (χ4v) is 4.31. The Morgan fingerprint density at radius 1 is 1.31 bits per heavy atom. The number of hydrogen-bond donors (Lipinski definition) is 0. The van der Waals surface area contributed by atoms with E-state index in [1.165, 1.54) is 17.3 Å². The Labute approximate surface area is 150 Å². The van der Waals surface area contributed by atoms with Crippen molar-refractivity contribution in [1.82, 2.24) is 39.3 Å². The summed E-state index contributed by atoms with van der Waals surface area (Å²) in [5.74, 6) is 0.423. The number of likely N-dealkylation sites (tertiary alicyclic amines) is 2. The second kappa shape index (κ2) is 6.50. The first-order valence-electron chi connectivity index (χ1n) is 8.79. The smallest absolute Gasteiger partial charge is 0.293 e. The number of amides is 2. The summed E-state index contributed by atoms with van der Waals surface area (Å²) in [4.78, 5) is 36.7. The molecule has 2 fully saturated rings. The lowest BCUT2D eigenvalue weighted by atomic mass is 9.92. The van der Waals surface area contributed by atoms with Crippen LogP contribution in [0.4, 0.5) is 0 Å². The van der Waals surface area contributed by atoms with Gasteiger partial charge in [-0.2, -0.15) is 5.10 Å². The highest BCUT2D eigenvalue weighted by molar-refractivity contribution is 5.90. The first-order chi connectivity index (χ1) is 12.5. The highest BCUT2D eigenvalue weighted by Gasteiger charge is 2.46. The summed E-state index contributed by atoms with van der Waals surface area (Å²) in [6.45, 7) is 3.48. The summed E-state index contributed by atoms with van der Waals surface area (Å²) >= 11 is 0. The maximum Gasteiger partial charge on any atom is 0.293 e. The predicted molar refractivity (Wildman–Crippen MR) is 89.7 cm³/mol. The van der Waals surface area contributed by atoms with Crippen LogP contribution in [0, 0.1) is 5.92 Å². The minimum absolute atomic E-state index is 0.0761. The fraction of sp³-hybridized carbons (Fsp3) is 0.625. The largest absolute Gasteiger partial charge is 0.335 e. The zero-order chi connectivity index (χ0) is 18.3. The molecule has 0 spiro atoms. The van der Waals surface area contributed by atoms with E-state index in [4.69, 9.17) is 0 Å². The summed E-state index contributed by atoms with van der Waals surface area (Å²) in [7, 11) is 1.74. The maximum absolute atomic E-state index is 12.6. The normalized spacial score (nSPS) is 25.4. The molecule has 0 aliphatic carbocycles. The number of piperidine rings is 1. The van der Waals surface area contributed by atoms with Gasteiger partial charge in [-0.3, -0.25) is 19.0 Å². The molecule has 26 heavy (non-hydrogen) atoms. The van der Waals surface area contributed by atoms with Crippen LogP contribution in [0.15, 0.2) is 19.0 Å². The number of aryl methyl sites for hydroxylation is 1. The molecular formula is C16H22N8O2. The molecular weight excluding hydrogens is 336 g/mol. The number of rotatable bonds is 3. The maximum atomic E-state index is 12.6. The zero-order valence-electron chi connectivity index (χ0n) is 14.9. The second-order valence-corrected chi connectivity index (χ2v) is 7.04. The monoisotopic (exact) mass is 358 g/mol. The van der Waals surface area contributed by atoms with E-state index in [0.717, 1.165) is 12.8 Å². The SMILES string of the molecule is CC(=O)N1[C@H](Cn2cncn2)C[C@@H]2CN(C(=O)c3ncn(C)n3)CC[C@@H]21. The first-order valence-corrected chi connectivity index (χ1v) is 8.79. The molecule has 138 valence electrons. The van der Waals surface area contributed by atoms with Gasteiger partial charge in [0, 0.05) is 33.1 Å². The van der Waals surface area contributed by atoms with Gasteiger partial charge < -0.3 is 9.80 Å². The fourth-order valence-electron chi connectivity index (χ4n) is 4.31. The van der Waals surface area contributed by atoms with Crippen molar-refractivity contribution in [2.45, 2.75) is 38.4 Å². The van der Waals surface area contributed by atoms with E-state index >= 15 is 0 Å². The lowest BCUT2D eigenvalue weighted by Crippen LogP contribution is -2.50. The molecule has 0 saturated carbocycles. The van der Waals surface area contributed by atoms with E-state index in [1.807, 2.05) is 9.80 Å². The van der Waals surface area contributed by atoms with Crippen molar-refractivity contribution >= 4 is 11.8 Å². The summed E-state index contributed by atoms with van der Waals surface area (Å²) in [5.41, 5.74) is 0. The van der Waals surface area contributed by atoms with Gasteiger partial charge in [-0.15, -0.1) is 5.10 Å². The molecule has 2 amide bonds. The minimum atomic E-state index is -0.141. The standard InChI is InChI=1S/C16H22N8O2/c1-11(25)24-13(7-23-9-17-8-19-23)5-12-6-22(4-3-14(12)24)16(26)15-18-10-21(2)20-15/h8-10,12-14H,3-7H2,1-2H3/t12-,13+,14+/m1/s1. The summed E-state index contributed by atoms with van der Waals surface area (Å²) < 4.78 is 3.29. The van der Waals surface area contributed by atoms with E-state index in [1.54, 1.807) is 25.0 Å². The average molecular weight is 358 g/mol. The van der Waals surface area contributed by atoms with Gasteiger partial charge >= 0.3 is 0 Å². The predicted octanol–water partition coefficient (Wildman–Crippen LogP) is -0.442. The lowest BCUT2D eigenvalue weighted by Gasteiger charge is -2.38. The van der Waals surface area contributed by atoms with Crippen molar-refractivity contribution < 1.29 is 9.59 Å². The highest BCUT2D eigenvalue weighted by atomic mass is 16.2. The van der Waals surface area contributed by atoms with E-state index in [9.17, 15) is 9.59 Å². The Morgan fingerprint density at radius 2 is 2.15 bits per heavy atom. The van der Waals surface area contributed by atoms with Gasteiger partial charge in [0.15, 0.2) is 0 Å². The minimum Gasteiger partial charge on any atom is -0.335 e.